The molecule has 6 nitrogen and oxygen atoms in total. The summed E-state index contributed by atoms with van der Waals surface area (Å²) in [6.45, 7) is 6.13. The molecule has 7 heteroatoms. The zero-order valence-corrected chi connectivity index (χ0v) is 16.9. The van der Waals surface area contributed by atoms with Crippen molar-refractivity contribution in [3.63, 3.8) is 0 Å². The van der Waals surface area contributed by atoms with Crippen LogP contribution in [0.25, 0.3) is 0 Å². The first kappa shape index (κ1) is 19.9. The summed E-state index contributed by atoms with van der Waals surface area (Å²) in [4.78, 5) is 12.1. The third-order valence-corrected chi connectivity index (χ3v) is 5.29. The molecule has 1 aliphatic carbocycles. The molecule has 1 N–H and O–H groups in total. The third kappa shape index (κ3) is 6.07. The Hall–Kier alpha value is -1.86. The third-order valence-electron chi connectivity index (χ3n) is 4.35. The van der Waals surface area contributed by atoms with Crippen molar-refractivity contribution in [2.45, 2.75) is 56.8 Å². The van der Waals surface area contributed by atoms with E-state index in [4.69, 9.17) is 4.74 Å². The lowest BCUT2D eigenvalue weighted by Crippen LogP contribution is -2.27. The number of amides is 1. The van der Waals surface area contributed by atoms with E-state index < -0.39 is 0 Å². The number of nitrogens with one attached hydrogen (secondary N) is 1. The van der Waals surface area contributed by atoms with Crippen LogP contribution < -0.4 is 5.32 Å². The molecule has 27 heavy (non-hydrogen) atoms. The van der Waals surface area contributed by atoms with E-state index in [1.54, 1.807) is 0 Å². The van der Waals surface area contributed by atoms with Crippen LogP contribution in [0.15, 0.2) is 35.5 Å². The molecular formula is C20H28N4O2S. The van der Waals surface area contributed by atoms with E-state index in [1.165, 1.54) is 30.2 Å². The number of carbonyl (C=O) groups is 1. The second kappa shape index (κ2) is 9.90. The van der Waals surface area contributed by atoms with E-state index >= 15 is 0 Å². The highest BCUT2D eigenvalue weighted by Gasteiger charge is 2.30. The topological polar surface area (TPSA) is 69.0 Å². The molecule has 1 amide bonds. The number of aromatic nitrogens is 3. The zero-order valence-electron chi connectivity index (χ0n) is 16.1. The highest BCUT2D eigenvalue weighted by atomic mass is 32.2. The van der Waals surface area contributed by atoms with Crippen LogP contribution in [-0.2, 0) is 16.1 Å². The van der Waals surface area contributed by atoms with E-state index in [0.717, 1.165) is 17.4 Å². The summed E-state index contributed by atoms with van der Waals surface area (Å²) >= 11 is 1.47. The maximum absolute atomic E-state index is 12.1. The van der Waals surface area contributed by atoms with Gasteiger partial charge in [-0.3, -0.25) is 4.79 Å². The second-order valence-electron chi connectivity index (χ2n) is 7.13. The van der Waals surface area contributed by atoms with Crippen LogP contribution >= 0.6 is 11.8 Å². The Kier molecular flexibility index (Phi) is 7.29. The molecule has 0 unspecified atom stereocenters. The molecule has 3 rings (SSSR count). The van der Waals surface area contributed by atoms with E-state index in [1.807, 2.05) is 30.3 Å². The van der Waals surface area contributed by atoms with Gasteiger partial charge < -0.3 is 14.6 Å². The minimum Gasteiger partial charge on any atom is -0.377 e. The van der Waals surface area contributed by atoms with Crippen LogP contribution in [0.2, 0.25) is 0 Å². The van der Waals surface area contributed by atoms with Gasteiger partial charge in [0.2, 0.25) is 5.91 Å². The monoisotopic (exact) mass is 388 g/mol. The summed E-state index contributed by atoms with van der Waals surface area (Å²) in [5.41, 5.74) is 1.17. The van der Waals surface area contributed by atoms with E-state index in [2.05, 4.69) is 33.9 Å². The summed E-state index contributed by atoms with van der Waals surface area (Å²) in [5.74, 6) is 1.76. The minimum atomic E-state index is 0.0273. The first-order chi connectivity index (χ1) is 13.1. The largest absolute Gasteiger partial charge is 0.377 e. The number of rotatable bonds is 11. The Labute approximate surface area is 165 Å². The van der Waals surface area contributed by atoms with Gasteiger partial charge >= 0.3 is 0 Å². The Balaban J connectivity index is 1.32. The number of carbonyl (C=O) groups excluding carboxylic acids is 1. The van der Waals surface area contributed by atoms with E-state index in [-0.39, 0.29) is 5.91 Å². The number of nitrogens with zero attached hydrogens (tertiary/aromatic N) is 3. The standard InChI is InChI=1S/C20H28N4O2S/c1-15(2)19-22-23-20(24(19)17-9-10-17)27-14-18(25)21-11-6-12-26-13-16-7-4-3-5-8-16/h3-5,7-8,15,17H,6,9-14H2,1-2H3,(H,21,25). The van der Waals surface area contributed by atoms with Crippen LogP contribution in [0.5, 0.6) is 0 Å². The molecule has 0 aliphatic heterocycles. The van der Waals surface area contributed by atoms with Gasteiger partial charge in [-0.1, -0.05) is 55.9 Å². The predicted octanol–water partition coefficient (Wildman–Crippen LogP) is 3.55. The Morgan fingerprint density at radius 3 is 2.78 bits per heavy atom. The highest BCUT2D eigenvalue weighted by molar-refractivity contribution is 7.99. The Morgan fingerprint density at radius 1 is 1.30 bits per heavy atom. The average molecular weight is 389 g/mol. The van der Waals surface area contributed by atoms with Crippen molar-refractivity contribution >= 4 is 17.7 Å². The van der Waals surface area contributed by atoms with Crippen molar-refractivity contribution in [3.05, 3.63) is 41.7 Å². The molecule has 1 saturated carbocycles. The normalized spacial score (nSPS) is 13.9. The molecule has 0 radical (unpaired) electrons. The van der Waals surface area contributed by atoms with Crippen LogP contribution in [0.4, 0.5) is 0 Å². The maximum Gasteiger partial charge on any atom is 0.230 e. The average Bonchev–Trinajstić information content (AvgIpc) is 3.42. The number of benzene rings is 1. The van der Waals surface area contributed by atoms with Gasteiger partial charge in [0.25, 0.3) is 0 Å². The summed E-state index contributed by atoms with van der Waals surface area (Å²) in [6, 6.07) is 10.6. The van der Waals surface area contributed by atoms with Crippen molar-refractivity contribution < 1.29 is 9.53 Å². The maximum atomic E-state index is 12.1. The van der Waals surface area contributed by atoms with Gasteiger partial charge in [0.05, 0.1) is 12.4 Å². The van der Waals surface area contributed by atoms with Crippen molar-refractivity contribution in [3.8, 4) is 0 Å². The van der Waals surface area contributed by atoms with Gasteiger partial charge in [0.15, 0.2) is 5.16 Å². The molecule has 1 aromatic heterocycles. The van der Waals surface area contributed by atoms with Crippen molar-refractivity contribution in [2.24, 2.45) is 0 Å². The fourth-order valence-electron chi connectivity index (χ4n) is 2.80. The Bertz CT molecular complexity index is 729. The summed E-state index contributed by atoms with van der Waals surface area (Å²) < 4.78 is 7.85. The number of thioether (sulfide) groups is 1. The molecule has 1 heterocycles. The lowest BCUT2D eigenvalue weighted by atomic mass is 10.2. The lowest BCUT2D eigenvalue weighted by molar-refractivity contribution is -0.118. The second-order valence-corrected chi connectivity index (χ2v) is 8.07. The van der Waals surface area contributed by atoms with E-state index in [9.17, 15) is 4.79 Å². The molecule has 2 aromatic rings. The Morgan fingerprint density at radius 2 is 2.07 bits per heavy atom. The van der Waals surface area contributed by atoms with Crippen LogP contribution in [0.1, 0.15) is 56.5 Å². The van der Waals surface area contributed by atoms with Crippen molar-refractivity contribution in [2.75, 3.05) is 18.9 Å². The van der Waals surface area contributed by atoms with Crippen LogP contribution in [-0.4, -0.2) is 39.6 Å². The highest BCUT2D eigenvalue weighted by Crippen LogP contribution is 2.39. The lowest BCUT2D eigenvalue weighted by Gasteiger charge is -2.10. The van der Waals surface area contributed by atoms with Gasteiger partial charge in [0.1, 0.15) is 5.82 Å². The molecule has 1 aromatic carbocycles. The van der Waals surface area contributed by atoms with Gasteiger partial charge in [-0.15, -0.1) is 10.2 Å². The van der Waals surface area contributed by atoms with Gasteiger partial charge in [-0.2, -0.15) is 0 Å². The zero-order chi connectivity index (χ0) is 19.1. The number of hydrogen-bond donors (Lipinski definition) is 1. The molecule has 1 aliphatic rings. The van der Waals surface area contributed by atoms with Crippen molar-refractivity contribution in [1.29, 1.82) is 0 Å². The molecule has 1 fully saturated rings. The first-order valence-corrected chi connectivity index (χ1v) is 10.6. The molecule has 146 valence electrons. The summed E-state index contributed by atoms with van der Waals surface area (Å²) in [5, 5.41) is 12.4. The van der Waals surface area contributed by atoms with E-state index in [0.29, 0.717) is 37.5 Å². The molecule has 0 saturated heterocycles. The number of hydrogen-bond acceptors (Lipinski definition) is 5. The van der Waals surface area contributed by atoms with Gasteiger partial charge in [0, 0.05) is 25.1 Å². The van der Waals surface area contributed by atoms with Gasteiger partial charge in [-0.25, -0.2) is 0 Å². The molecule has 0 spiro atoms. The fourth-order valence-corrected chi connectivity index (χ4v) is 3.65. The SMILES string of the molecule is CC(C)c1nnc(SCC(=O)NCCCOCc2ccccc2)n1C1CC1. The first-order valence-electron chi connectivity index (χ1n) is 9.61. The smallest absolute Gasteiger partial charge is 0.230 e. The van der Waals surface area contributed by atoms with Crippen LogP contribution in [0, 0.1) is 0 Å². The molecule has 0 bridgehead atoms. The molecule has 0 atom stereocenters. The quantitative estimate of drug-likeness (QED) is 0.471. The summed E-state index contributed by atoms with van der Waals surface area (Å²) in [6.07, 6.45) is 3.17. The molecular weight excluding hydrogens is 360 g/mol. The minimum absolute atomic E-state index is 0.0273. The number of ether oxygens (including phenoxy) is 1. The fraction of sp³-hybridized carbons (Fsp3) is 0.550. The summed E-state index contributed by atoms with van der Waals surface area (Å²) in [7, 11) is 0. The predicted molar refractivity (Wildman–Crippen MR) is 107 cm³/mol. The van der Waals surface area contributed by atoms with Crippen LogP contribution in [0.3, 0.4) is 0 Å². The van der Waals surface area contributed by atoms with Crippen molar-refractivity contribution in [1.82, 2.24) is 20.1 Å². The van der Waals surface area contributed by atoms with Gasteiger partial charge in [-0.05, 0) is 24.8 Å².